The zero-order valence-corrected chi connectivity index (χ0v) is 10.7. The van der Waals surface area contributed by atoms with Gasteiger partial charge in [-0.05, 0) is 12.8 Å². The summed E-state index contributed by atoms with van der Waals surface area (Å²) in [5.74, 6) is -2.61. The van der Waals surface area contributed by atoms with Gasteiger partial charge in [0.25, 0.3) is 5.91 Å². The van der Waals surface area contributed by atoms with Crippen molar-refractivity contribution < 1.29 is 34.1 Å². The van der Waals surface area contributed by atoms with E-state index in [2.05, 4.69) is 9.47 Å². The maximum Gasteiger partial charge on any atom is 0.338 e. The summed E-state index contributed by atoms with van der Waals surface area (Å²) < 4.78 is 8.78. The topological polar surface area (TPSA) is 113 Å². The van der Waals surface area contributed by atoms with Crippen LogP contribution >= 0.6 is 0 Å². The van der Waals surface area contributed by atoms with Crippen molar-refractivity contribution in [1.82, 2.24) is 4.90 Å². The Morgan fingerprint density at radius 1 is 1.16 bits per heavy atom. The van der Waals surface area contributed by atoms with Gasteiger partial charge in [0.15, 0.2) is 12.2 Å². The lowest BCUT2D eigenvalue weighted by Crippen LogP contribution is -2.51. The van der Waals surface area contributed by atoms with Crippen molar-refractivity contribution in [3.8, 4) is 0 Å². The molecule has 1 fully saturated rings. The fourth-order valence-corrected chi connectivity index (χ4v) is 1.97. The molecule has 108 valence electrons. The summed E-state index contributed by atoms with van der Waals surface area (Å²) in [5.41, 5.74) is 0. The average Bonchev–Trinajstić information content (AvgIpc) is 2.92. The predicted octanol–water partition coefficient (Wildman–Crippen LogP) is -1.95. The summed E-state index contributed by atoms with van der Waals surface area (Å²) in [6.07, 6.45) is -2.94. The van der Waals surface area contributed by atoms with Crippen LogP contribution in [-0.2, 0) is 23.9 Å². The monoisotopic (exact) mass is 275 g/mol. The van der Waals surface area contributed by atoms with Gasteiger partial charge in [0, 0.05) is 6.54 Å². The molecule has 1 aliphatic heterocycles. The Kier molecular flexibility index (Phi) is 5.25. The van der Waals surface area contributed by atoms with E-state index in [1.165, 1.54) is 7.11 Å². The van der Waals surface area contributed by atoms with E-state index in [9.17, 15) is 24.6 Å². The van der Waals surface area contributed by atoms with Crippen molar-refractivity contribution in [3.63, 3.8) is 0 Å². The summed E-state index contributed by atoms with van der Waals surface area (Å²) in [6.45, 7) is 0.254. The molecular formula is C11H17NO7. The molecule has 19 heavy (non-hydrogen) atoms. The molecule has 1 rings (SSSR count). The first-order valence-electron chi connectivity index (χ1n) is 5.76. The Morgan fingerprint density at radius 2 is 1.79 bits per heavy atom. The first-order valence-corrected chi connectivity index (χ1v) is 5.76. The number of hydrogen-bond donors (Lipinski definition) is 2. The highest BCUT2D eigenvalue weighted by Crippen LogP contribution is 2.20. The number of carbonyl (C=O) groups is 3. The molecular weight excluding hydrogens is 258 g/mol. The third-order valence-corrected chi connectivity index (χ3v) is 3.00. The van der Waals surface area contributed by atoms with Crippen molar-refractivity contribution in [2.75, 3.05) is 20.8 Å². The van der Waals surface area contributed by atoms with Gasteiger partial charge in [0.2, 0.25) is 0 Å². The van der Waals surface area contributed by atoms with Gasteiger partial charge in [-0.2, -0.15) is 0 Å². The van der Waals surface area contributed by atoms with Crippen molar-refractivity contribution in [1.29, 1.82) is 0 Å². The summed E-state index contributed by atoms with van der Waals surface area (Å²) in [4.78, 5) is 35.5. The second-order valence-corrected chi connectivity index (χ2v) is 4.13. The maximum absolute atomic E-state index is 11.9. The maximum atomic E-state index is 11.9. The van der Waals surface area contributed by atoms with Crippen molar-refractivity contribution >= 4 is 17.8 Å². The van der Waals surface area contributed by atoms with Gasteiger partial charge in [-0.1, -0.05) is 0 Å². The molecule has 8 nitrogen and oxygen atoms in total. The molecule has 2 N–H and O–H groups in total. The lowest BCUT2D eigenvalue weighted by atomic mass is 10.1. The molecule has 0 aromatic heterocycles. The lowest BCUT2D eigenvalue weighted by molar-refractivity contribution is -0.166. The first-order chi connectivity index (χ1) is 8.93. The fraction of sp³-hybridized carbons (Fsp3) is 0.727. The Bertz CT molecular complexity index is 370. The summed E-state index contributed by atoms with van der Waals surface area (Å²) in [6, 6.07) is -0.794. The third kappa shape index (κ3) is 3.21. The summed E-state index contributed by atoms with van der Waals surface area (Å²) in [5, 5.41) is 19.0. The first kappa shape index (κ1) is 15.4. The minimum Gasteiger partial charge on any atom is -0.467 e. The zero-order valence-electron chi connectivity index (χ0n) is 10.7. The molecule has 0 aromatic rings. The van der Waals surface area contributed by atoms with E-state index in [1.807, 2.05) is 0 Å². The Hall–Kier alpha value is -1.67. The normalized spacial score (nSPS) is 21.7. The Labute approximate surface area is 109 Å². The quantitative estimate of drug-likeness (QED) is 0.573. The van der Waals surface area contributed by atoms with E-state index in [1.54, 1.807) is 0 Å². The number of amides is 1. The number of ether oxygens (including phenoxy) is 2. The van der Waals surface area contributed by atoms with Gasteiger partial charge in [0.05, 0.1) is 14.2 Å². The van der Waals surface area contributed by atoms with E-state index in [0.29, 0.717) is 12.8 Å². The van der Waals surface area contributed by atoms with Crippen LogP contribution in [0, 0.1) is 0 Å². The average molecular weight is 275 g/mol. The fourth-order valence-electron chi connectivity index (χ4n) is 1.97. The van der Waals surface area contributed by atoms with E-state index in [-0.39, 0.29) is 6.54 Å². The molecule has 1 amide bonds. The number of aliphatic hydroxyl groups excluding tert-OH is 2. The highest BCUT2D eigenvalue weighted by molar-refractivity contribution is 5.91. The standard InChI is InChI=1S/C11H17NO7/c1-18-10(16)6-4-3-5-12(6)9(15)7(13)8(14)11(17)19-2/h6-8,13-14H,3-5H2,1-2H3/t6-,7+,8-/m0/s1. The van der Waals surface area contributed by atoms with Gasteiger partial charge in [-0.3, -0.25) is 4.79 Å². The SMILES string of the molecule is COC(=O)[C@@H](O)[C@@H](O)C(=O)N1CCC[C@H]1C(=O)OC. The van der Waals surface area contributed by atoms with E-state index < -0.39 is 36.1 Å². The molecule has 1 aliphatic rings. The van der Waals surface area contributed by atoms with Gasteiger partial charge in [-0.25, -0.2) is 9.59 Å². The number of aliphatic hydroxyl groups is 2. The third-order valence-electron chi connectivity index (χ3n) is 3.00. The second-order valence-electron chi connectivity index (χ2n) is 4.13. The second kappa shape index (κ2) is 6.48. The number of carbonyl (C=O) groups excluding carboxylic acids is 3. The molecule has 0 aliphatic carbocycles. The number of likely N-dealkylation sites (tertiary alicyclic amines) is 1. The number of rotatable bonds is 4. The van der Waals surface area contributed by atoms with Crippen LogP contribution in [0.4, 0.5) is 0 Å². The number of esters is 2. The number of hydrogen-bond acceptors (Lipinski definition) is 7. The van der Waals surface area contributed by atoms with Crippen LogP contribution in [0.2, 0.25) is 0 Å². The van der Waals surface area contributed by atoms with E-state index >= 15 is 0 Å². The van der Waals surface area contributed by atoms with Gasteiger partial charge < -0.3 is 24.6 Å². The molecule has 0 saturated carbocycles. The largest absolute Gasteiger partial charge is 0.467 e. The zero-order chi connectivity index (χ0) is 14.6. The molecule has 3 atom stereocenters. The Morgan fingerprint density at radius 3 is 2.32 bits per heavy atom. The number of nitrogens with zero attached hydrogens (tertiary/aromatic N) is 1. The molecule has 0 aromatic carbocycles. The smallest absolute Gasteiger partial charge is 0.338 e. The van der Waals surface area contributed by atoms with Crippen molar-refractivity contribution in [3.05, 3.63) is 0 Å². The predicted molar refractivity (Wildman–Crippen MR) is 60.8 cm³/mol. The molecule has 0 radical (unpaired) electrons. The minimum atomic E-state index is -1.98. The molecule has 0 unspecified atom stereocenters. The van der Waals surface area contributed by atoms with Crippen molar-refractivity contribution in [2.45, 2.75) is 31.1 Å². The number of methoxy groups -OCH3 is 2. The molecule has 8 heteroatoms. The van der Waals surface area contributed by atoms with E-state index in [0.717, 1.165) is 12.0 Å². The van der Waals surface area contributed by atoms with Crippen LogP contribution in [0.25, 0.3) is 0 Å². The Balaban J connectivity index is 2.76. The van der Waals surface area contributed by atoms with Crippen LogP contribution in [0.1, 0.15) is 12.8 Å². The highest BCUT2D eigenvalue weighted by Gasteiger charge is 2.41. The molecule has 0 spiro atoms. The molecule has 1 heterocycles. The van der Waals surface area contributed by atoms with Crippen LogP contribution in [0.15, 0.2) is 0 Å². The molecule has 0 bridgehead atoms. The van der Waals surface area contributed by atoms with Crippen LogP contribution in [0.5, 0.6) is 0 Å². The van der Waals surface area contributed by atoms with Crippen LogP contribution in [-0.4, -0.2) is 72.0 Å². The highest BCUT2D eigenvalue weighted by atomic mass is 16.5. The van der Waals surface area contributed by atoms with Gasteiger partial charge in [0.1, 0.15) is 6.04 Å². The van der Waals surface area contributed by atoms with Crippen molar-refractivity contribution in [2.24, 2.45) is 0 Å². The lowest BCUT2D eigenvalue weighted by Gasteiger charge is -2.26. The van der Waals surface area contributed by atoms with Gasteiger partial charge >= 0.3 is 11.9 Å². The minimum absolute atomic E-state index is 0.254. The van der Waals surface area contributed by atoms with Crippen LogP contribution in [0.3, 0.4) is 0 Å². The molecule has 1 saturated heterocycles. The summed E-state index contributed by atoms with van der Waals surface area (Å²) >= 11 is 0. The summed E-state index contributed by atoms with van der Waals surface area (Å²) in [7, 11) is 2.22. The van der Waals surface area contributed by atoms with Crippen LogP contribution < -0.4 is 0 Å². The van der Waals surface area contributed by atoms with Gasteiger partial charge in [-0.15, -0.1) is 0 Å². The van der Waals surface area contributed by atoms with E-state index in [4.69, 9.17) is 0 Å².